The summed E-state index contributed by atoms with van der Waals surface area (Å²) in [5.74, 6) is -5.83. The van der Waals surface area contributed by atoms with E-state index in [0.29, 0.717) is 0 Å². The molecule has 0 fully saturated rings. The van der Waals surface area contributed by atoms with E-state index in [-0.39, 0.29) is 40.4 Å². The minimum atomic E-state index is -1.63. The van der Waals surface area contributed by atoms with Crippen LogP contribution in [0.4, 0.5) is 23.4 Å². The highest BCUT2D eigenvalue weighted by Crippen LogP contribution is 2.37. The average molecular weight is 428 g/mol. The third-order valence-electron chi connectivity index (χ3n) is 4.35. The summed E-state index contributed by atoms with van der Waals surface area (Å²) in [6.45, 7) is 0. The Morgan fingerprint density at radius 3 is 2.42 bits per heavy atom. The zero-order valence-corrected chi connectivity index (χ0v) is 15.6. The molecule has 2 aromatic carbocycles. The normalized spacial score (nSPS) is 10.8. The maximum atomic E-state index is 13.8. The summed E-state index contributed by atoms with van der Waals surface area (Å²) in [6, 6.07) is 8.70. The lowest BCUT2D eigenvalue weighted by Crippen LogP contribution is -2.15. The number of nitrogens with one attached hydrogen (secondary N) is 1. The second kappa shape index (κ2) is 8.34. The molecule has 0 aliphatic heterocycles. The van der Waals surface area contributed by atoms with Crippen molar-refractivity contribution in [3.63, 3.8) is 0 Å². The summed E-state index contributed by atoms with van der Waals surface area (Å²) in [5, 5.41) is 6.23. The molecule has 0 bridgehead atoms. The molecule has 31 heavy (non-hydrogen) atoms. The lowest BCUT2D eigenvalue weighted by Gasteiger charge is -2.07. The van der Waals surface area contributed by atoms with Crippen LogP contribution in [0.15, 0.2) is 59.5 Å². The van der Waals surface area contributed by atoms with Crippen molar-refractivity contribution in [1.29, 1.82) is 0 Å². The van der Waals surface area contributed by atoms with Crippen LogP contribution in [-0.2, 0) is 11.2 Å². The number of aromatic nitrogens is 3. The number of hydrogen-bond acceptors (Lipinski definition) is 5. The maximum Gasteiger partial charge on any atom is 0.241 e. The van der Waals surface area contributed by atoms with Crippen molar-refractivity contribution in [2.45, 2.75) is 6.42 Å². The Kier molecular flexibility index (Phi) is 5.44. The molecule has 0 spiro atoms. The standard InChI is InChI=1S/C21H12F4N4O2/c22-13-4-2-1-3-11(13)9-17(30)28-21-18(16-5-6-26-10-27-16)20(29-31-21)12-7-14(23)19(25)15(24)8-12/h1-8,10H,9H2,(H,28,30). The molecule has 4 aromatic rings. The number of anilines is 1. The SMILES string of the molecule is O=C(Cc1ccccc1F)Nc1onc(-c2cc(F)c(F)c(F)c2)c1-c1ccncn1. The van der Waals surface area contributed by atoms with Crippen LogP contribution in [0, 0.1) is 23.3 Å². The quantitative estimate of drug-likeness (QED) is 0.373. The fourth-order valence-corrected chi connectivity index (χ4v) is 2.93. The monoisotopic (exact) mass is 428 g/mol. The van der Waals surface area contributed by atoms with Crippen LogP contribution in [0.1, 0.15) is 5.56 Å². The summed E-state index contributed by atoms with van der Waals surface area (Å²) in [4.78, 5) is 20.3. The predicted octanol–water partition coefficient (Wildman–Crippen LogP) is 4.54. The van der Waals surface area contributed by atoms with Gasteiger partial charge in [0.2, 0.25) is 11.8 Å². The summed E-state index contributed by atoms with van der Waals surface area (Å²) in [5.41, 5.74) is 0.249. The zero-order chi connectivity index (χ0) is 22.0. The van der Waals surface area contributed by atoms with Gasteiger partial charge in [0.25, 0.3) is 0 Å². The number of nitrogens with zero attached hydrogens (tertiary/aromatic N) is 3. The highest BCUT2D eigenvalue weighted by Gasteiger charge is 2.24. The lowest BCUT2D eigenvalue weighted by atomic mass is 10.0. The predicted molar refractivity (Wildman–Crippen MR) is 102 cm³/mol. The summed E-state index contributed by atoms with van der Waals surface area (Å²) < 4.78 is 59.9. The Hall–Kier alpha value is -4.08. The van der Waals surface area contributed by atoms with Gasteiger partial charge in [0.15, 0.2) is 17.5 Å². The molecule has 1 amide bonds. The van der Waals surface area contributed by atoms with E-state index in [2.05, 4.69) is 20.4 Å². The van der Waals surface area contributed by atoms with E-state index in [1.165, 1.54) is 36.8 Å². The number of carbonyl (C=O) groups excluding carboxylic acids is 1. The molecule has 10 heteroatoms. The Labute approximate surface area is 172 Å². The number of hydrogen-bond donors (Lipinski definition) is 1. The van der Waals surface area contributed by atoms with Gasteiger partial charge in [0, 0.05) is 11.8 Å². The topological polar surface area (TPSA) is 80.9 Å². The van der Waals surface area contributed by atoms with E-state index < -0.39 is 29.2 Å². The first-order chi connectivity index (χ1) is 14.9. The maximum absolute atomic E-state index is 13.8. The fourth-order valence-electron chi connectivity index (χ4n) is 2.93. The van der Waals surface area contributed by atoms with Crippen LogP contribution in [0.2, 0.25) is 0 Å². The van der Waals surface area contributed by atoms with Crippen molar-refractivity contribution in [3.05, 3.63) is 83.8 Å². The first-order valence-electron chi connectivity index (χ1n) is 8.88. The molecule has 0 radical (unpaired) electrons. The van der Waals surface area contributed by atoms with E-state index in [0.717, 1.165) is 12.1 Å². The molecule has 0 atom stereocenters. The van der Waals surface area contributed by atoms with Crippen molar-refractivity contribution in [2.24, 2.45) is 0 Å². The van der Waals surface area contributed by atoms with E-state index >= 15 is 0 Å². The molecule has 156 valence electrons. The molecule has 0 aliphatic carbocycles. The Balaban J connectivity index is 1.74. The van der Waals surface area contributed by atoms with Crippen LogP contribution >= 0.6 is 0 Å². The van der Waals surface area contributed by atoms with E-state index in [4.69, 9.17) is 4.52 Å². The van der Waals surface area contributed by atoms with Gasteiger partial charge >= 0.3 is 0 Å². The van der Waals surface area contributed by atoms with Crippen LogP contribution < -0.4 is 5.32 Å². The van der Waals surface area contributed by atoms with Gasteiger partial charge in [0.05, 0.1) is 17.7 Å². The van der Waals surface area contributed by atoms with Gasteiger partial charge in [0.1, 0.15) is 17.8 Å². The average Bonchev–Trinajstić information content (AvgIpc) is 3.17. The molecule has 0 saturated carbocycles. The second-order valence-electron chi connectivity index (χ2n) is 6.40. The fraction of sp³-hybridized carbons (Fsp3) is 0.0476. The lowest BCUT2D eigenvalue weighted by molar-refractivity contribution is -0.115. The Morgan fingerprint density at radius 2 is 1.74 bits per heavy atom. The van der Waals surface area contributed by atoms with E-state index in [1.807, 2.05) is 0 Å². The van der Waals surface area contributed by atoms with E-state index in [1.54, 1.807) is 6.07 Å². The van der Waals surface area contributed by atoms with Crippen molar-refractivity contribution in [3.8, 4) is 22.5 Å². The van der Waals surface area contributed by atoms with Gasteiger partial charge in [-0.3, -0.25) is 10.1 Å². The molecule has 2 heterocycles. The third-order valence-corrected chi connectivity index (χ3v) is 4.35. The van der Waals surface area contributed by atoms with Crippen molar-refractivity contribution < 1.29 is 26.9 Å². The van der Waals surface area contributed by atoms with Gasteiger partial charge in [-0.2, -0.15) is 0 Å². The minimum absolute atomic E-state index is 0.0855. The molecule has 1 N–H and O–H groups in total. The second-order valence-corrected chi connectivity index (χ2v) is 6.40. The van der Waals surface area contributed by atoms with E-state index in [9.17, 15) is 22.4 Å². The summed E-state index contributed by atoms with van der Waals surface area (Å²) >= 11 is 0. The van der Waals surface area contributed by atoms with Crippen LogP contribution in [0.5, 0.6) is 0 Å². The molecule has 0 unspecified atom stereocenters. The van der Waals surface area contributed by atoms with Crippen LogP contribution in [0.3, 0.4) is 0 Å². The number of halogens is 4. The van der Waals surface area contributed by atoms with Crippen molar-refractivity contribution in [1.82, 2.24) is 15.1 Å². The van der Waals surface area contributed by atoms with Gasteiger partial charge in [-0.25, -0.2) is 27.5 Å². The molecular formula is C21H12F4N4O2. The Bertz CT molecular complexity index is 1240. The zero-order valence-electron chi connectivity index (χ0n) is 15.6. The van der Waals surface area contributed by atoms with Gasteiger partial charge in [-0.05, 0) is 29.8 Å². The number of benzene rings is 2. The highest BCUT2D eigenvalue weighted by molar-refractivity contribution is 5.97. The van der Waals surface area contributed by atoms with Crippen LogP contribution in [0.25, 0.3) is 22.5 Å². The molecule has 4 rings (SSSR count). The van der Waals surface area contributed by atoms with Crippen LogP contribution in [-0.4, -0.2) is 21.0 Å². The summed E-state index contributed by atoms with van der Waals surface area (Å²) in [7, 11) is 0. The molecule has 2 aromatic heterocycles. The smallest absolute Gasteiger partial charge is 0.241 e. The number of carbonyl (C=O) groups is 1. The van der Waals surface area contributed by atoms with Gasteiger partial charge in [-0.15, -0.1) is 0 Å². The molecule has 6 nitrogen and oxygen atoms in total. The van der Waals surface area contributed by atoms with Gasteiger partial charge in [-0.1, -0.05) is 23.4 Å². The highest BCUT2D eigenvalue weighted by atomic mass is 19.2. The first-order valence-corrected chi connectivity index (χ1v) is 8.88. The molecular weight excluding hydrogens is 416 g/mol. The molecule has 0 saturated heterocycles. The molecule has 0 aliphatic rings. The first kappa shape index (κ1) is 20.2. The largest absolute Gasteiger partial charge is 0.337 e. The number of amides is 1. The Morgan fingerprint density at radius 1 is 1.00 bits per heavy atom. The number of rotatable bonds is 5. The van der Waals surface area contributed by atoms with Crippen molar-refractivity contribution in [2.75, 3.05) is 5.32 Å². The minimum Gasteiger partial charge on any atom is -0.337 e. The summed E-state index contributed by atoms with van der Waals surface area (Å²) in [6.07, 6.45) is 2.31. The van der Waals surface area contributed by atoms with Crippen molar-refractivity contribution >= 4 is 11.8 Å². The van der Waals surface area contributed by atoms with Gasteiger partial charge < -0.3 is 4.52 Å². The third kappa shape index (κ3) is 4.13.